The van der Waals surface area contributed by atoms with Crippen LogP contribution in [0.25, 0.3) is 66.1 Å². The lowest BCUT2D eigenvalue weighted by Gasteiger charge is -2.26. The molecule has 0 fully saturated rings. The summed E-state index contributed by atoms with van der Waals surface area (Å²) >= 11 is 0. The number of rotatable bonds is 4. The van der Waals surface area contributed by atoms with Crippen molar-refractivity contribution < 1.29 is 8.83 Å². The Bertz CT molecular complexity index is 3020. The summed E-state index contributed by atoms with van der Waals surface area (Å²) in [4.78, 5) is 10.5. The van der Waals surface area contributed by atoms with E-state index in [1.165, 1.54) is 22.3 Å². The Balaban J connectivity index is 1.06. The highest BCUT2D eigenvalue weighted by atomic mass is 16.3. The van der Waals surface area contributed by atoms with E-state index in [4.69, 9.17) is 18.8 Å². The second kappa shape index (κ2) is 11.1. The number of benzene rings is 7. The maximum atomic E-state index is 6.53. The van der Waals surface area contributed by atoms with Crippen LogP contribution in [0, 0.1) is 0 Å². The number of hydrogen-bond acceptors (Lipinski definition) is 5. The van der Waals surface area contributed by atoms with E-state index in [2.05, 4.69) is 147 Å². The first kappa shape index (κ1) is 30.0. The molecule has 0 spiro atoms. The first-order valence-corrected chi connectivity index (χ1v) is 18.1. The van der Waals surface area contributed by atoms with Crippen molar-refractivity contribution in [2.24, 2.45) is 9.98 Å². The van der Waals surface area contributed by atoms with Crippen LogP contribution in [0.4, 0.5) is 0 Å². The van der Waals surface area contributed by atoms with Gasteiger partial charge in [-0.05, 0) is 75.3 Å². The fourth-order valence-electron chi connectivity index (χ4n) is 8.44. The highest BCUT2D eigenvalue weighted by molar-refractivity contribution is 6.20. The Labute approximate surface area is 305 Å². The average molecular weight is 684 g/mol. The van der Waals surface area contributed by atoms with Crippen LogP contribution in [0.15, 0.2) is 170 Å². The smallest absolute Gasteiger partial charge is 0.159 e. The first-order chi connectivity index (χ1) is 26.0. The number of nitrogens with zero attached hydrogens (tertiary/aromatic N) is 2. The second-order valence-electron chi connectivity index (χ2n) is 14.6. The SMILES string of the molecule is CC1(C)c2ccccc2-c2ccc(C3N=C(c4ccc5c(c4)oc4cc(-c6ccccc6)ccc45)N=C(c4cccc5c4oc4ccccc45)N3)cc21. The standard InChI is InChI=1S/C48H33N3O2/c1-48(2)39-17-8-6-13-32(39)33-22-20-30(25-40(33)48)45-49-46(51-47(50-45)38-16-10-15-37-34-14-7-9-18-41(34)53-44(37)38)31-21-24-36-35-23-19-29(28-11-4-3-5-12-28)26-42(35)52-43(36)27-31/h3-27,45H,1-2H3,(H,49,50,51). The molecule has 3 heterocycles. The molecule has 9 aromatic rings. The Morgan fingerprint density at radius 3 is 2.06 bits per heavy atom. The summed E-state index contributed by atoms with van der Waals surface area (Å²) in [5, 5.41) is 8.00. The number of hydrogen-bond donors (Lipinski definition) is 1. The van der Waals surface area contributed by atoms with Gasteiger partial charge in [0.15, 0.2) is 5.84 Å². The highest BCUT2D eigenvalue weighted by Gasteiger charge is 2.36. The van der Waals surface area contributed by atoms with Crippen molar-refractivity contribution in [2.45, 2.75) is 25.4 Å². The molecule has 7 aromatic carbocycles. The van der Waals surface area contributed by atoms with Gasteiger partial charge in [-0.25, -0.2) is 9.98 Å². The zero-order chi connectivity index (χ0) is 35.3. The number of amidine groups is 2. The molecule has 0 saturated heterocycles. The highest BCUT2D eigenvalue weighted by Crippen LogP contribution is 2.49. The third-order valence-electron chi connectivity index (χ3n) is 11.2. The summed E-state index contributed by atoms with van der Waals surface area (Å²) in [6.07, 6.45) is -0.387. The molecule has 1 N–H and O–H groups in total. The molecule has 5 nitrogen and oxygen atoms in total. The van der Waals surface area contributed by atoms with Gasteiger partial charge >= 0.3 is 0 Å². The minimum Gasteiger partial charge on any atom is -0.456 e. The van der Waals surface area contributed by atoms with Crippen LogP contribution in [0.1, 0.15) is 47.8 Å². The van der Waals surface area contributed by atoms with Crippen LogP contribution < -0.4 is 5.32 Å². The van der Waals surface area contributed by atoms with Crippen LogP contribution >= 0.6 is 0 Å². The Morgan fingerprint density at radius 2 is 1.19 bits per heavy atom. The molecule has 1 atom stereocenters. The van der Waals surface area contributed by atoms with E-state index >= 15 is 0 Å². The normalized spacial score (nSPS) is 16.1. The van der Waals surface area contributed by atoms with Crippen molar-refractivity contribution in [2.75, 3.05) is 0 Å². The molecular formula is C48H33N3O2. The Morgan fingerprint density at radius 1 is 0.509 bits per heavy atom. The fourth-order valence-corrected chi connectivity index (χ4v) is 8.44. The van der Waals surface area contributed by atoms with Crippen molar-refractivity contribution in [1.29, 1.82) is 0 Å². The van der Waals surface area contributed by atoms with E-state index < -0.39 is 0 Å². The molecule has 2 aliphatic rings. The molecule has 1 unspecified atom stereocenters. The number of aliphatic imine (C=N–C) groups is 2. The first-order valence-electron chi connectivity index (χ1n) is 18.1. The number of para-hydroxylation sites is 2. The summed E-state index contributed by atoms with van der Waals surface area (Å²) in [7, 11) is 0. The lowest BCUT2D eigenvalue weighted by atomic mass is 9.82. The van der Waals surface area contributed by atoms with E-state index in [0.29, 0.717) is 11.7 Å². The predicted molar refractivity (Wildman–Crippen MR) is 216 cm³/mol. The van der Waals surface area contributed by atoms with Crippen LogP contribution in [0.3, 0.4) is 0 Å². The largest absolute Gasteiger partial charge is 0.456 e. The minimum absolute atomic E-state index is 0.132. The molecule has 5 heteroatoms. The van der Waals surface area contributed by atoms with Crippen LogP contribution in [-0.4, -0.2) is 11.7 Å². The summed E-state index contributed by atoms with van der Waals surface area (Å²) in [5.74, 6) is 1.34. The van der Waals surface area contributed by atoms with Gasteiger partial charge in [0.05, 0.1) is 5.56 Å². The van der Waals surface area contributed by atoms with Gasteiger partial charge in [-0.15, -0.1) is 0 Å². The molecule has 0 saturated carbocycles. The molecule has 2 aromatic heterocycles. The summed E-state index contributed by atoms with van der Waals surface area (Å²) < 4.78 is 13.0. The predicted octanol–water partition coefficient (Wildman–Crippen LogP) is 12.0. The molecule has 53 heavy (non-hydrogen) atoms. The lowest BCUT2D eigenvalue weighted by molar-refractivity contribution is 0.644. The van der Waals surface area contributed by atoms with Gasteiger partial charge in [0.25, 0.3) is 0 Å². The minimum atomic E-state index is -0.387. The third-order valence-corrected chi connectivity index (χ3v) is 11.2. The van der Waals surface area contributed by atoms with E-state index in [0.717, 1.165) is 71.7 Å². The van der Waals surface area contributed by atoms with Crippen molar-refractivity contribution in [3.05, 3.63) is 179 Å². The molecule has 252 valence electrons. The topological polar surface area (TPSA) is 63.0 Å². The molecule has 0 bridgehead atoms. The number of fused-ring (bicyclic) bond motifs is 9. The fraction of sp³-hybridized carbons (Fsp3) is 0.0833. The van der Waals surface area contributed by atoms with Crippen molar-refractivity contribution in [3.8, 4) is 22.3 Å². The number of furan rings is 2. The number of nitrogens with one attached hydrogen (secondary N) is 1. The molecule has 0 amide bonds. The van der Waals surface area contributed by atoms with Crippen molar-refractivity contribution in [3.63, 3.8) is 0 Å². The van der Waals surface area contributed by atoms with E-state index in [1.54, 1.807) is 0 Å². The van der Waals surface area contributed by atoms with Gasteiger partial charge in [0, 0.05) is 32.5 Å². The maximum absolute atomic E-state index is 6.53. The van der Waals surface area contributed by atoms with E-state index in [1.807, 2.05) is 24.3 Å². The summed E-state index contributed by atoms with van der Waals surface area (Å²) in [6.45, 7) is 4.62. The van der Waals surface area contributed by atoms with Gasteiger partial charge in [0.1, 0.15) is 34.3 Å². The van der Waals surface area contributed by atoms with Crippen LogP contribution in [0.2, 0.25) is 0 Å². The van der Waals surface area contributed by atoms with Gasteiger partial charge in [0.2, 0.25) is 0 Å². The van der Waals surface area contributed by atoms with E-state index in [9.17, 15) is 0 Å². The maximum Gasteiger partial charge on any atom is 0.159 e. The summed E-state index contributed by atoms with van der Waals surface area (Å²) in [6, 6.07) is 53.1. The quantitative estimate of drug-likeness (QED) is 0.201. The molecule has 1 aliphatic carbocycles. The second-order valence-corrected chi connectivity index (χ2v) is 14.6. The van der Waals surface area contributed by atoms with E-state index in [-0.39, 0.29) is 11.6 Å². The van der Waals surface area contributed by atoms with Gasteiger partial charge in [-0.2, -0.15) is 0 Å². The van der Waals surface area contributed by atoms with Crippen molar-refractivity contribution >= 4 is 55.5 Å². The van der Waals surface area contributed by atoms with Crippen LogP contribution in [-0.2, 0) is 5.41 Å². The third kappa shape index (κ3) is 4.57. The van der Waals surface area contributed by atoms with Crippen molar-refractivity contribution in [1.82, 2.24) is 5.32 Å². The molecule has 0 radical (unpaired) electrons. The molecule has 11 rings (SSSR count). The Hall–Kier alpha value is -6.72. The Kier molecular flexibility index (Phi) is 6.30. The lowest BCUT2D eigenvalue weighted by Crippen LogP contribution is -2.33. The van der Waals surface area contributed by atoms with Gasteiger partial charge in [-0.3, -0.25) is 0 Å². The molecular weight excluding hydrogens is 651 g/mol. The van der Waals surface area contributed by atoms with Gasteiger partial charge in [-0.1, -0.05) is 129 Å². The summed E-state index contributed by atoms with van der Waals surface area (Å²) in [5.41, 5.74) is 13.5. The van der Waals surface area contributed by atoms with Gasteiger partial charge < -0.3 is 14.2 Å². The zero-order valence-electron chi connectivity index (χ0n) is 29.2. The van der Waals surface area contributed by atoms with Crippen LogP contribution in [0.5, 0.6) is 0 Å². The monoisotopic (exact) mass is 683 g/mol. The average Bonchev–Trinajstić information content (AvgIpc) is 3.85. The molecule has 1 aliphatic heterocycles. The zero-order valence-corrected chi connectivity index (χ0v) is 29.2.